The molecule has 1 aromatic carbocycles. The van der Waals surface area contributed by atoms with Crippen molar-refractivity contribution >= 4 is 0 Å². The fourth-order valence-corrected chi connectivity index (χ4v) is 2.38. The molecular weight excluding hydrogens is 311 g/mol. The van der Waals surface area contributed by atoms with Gasteiger partial charge in [0.15, 0.2) is 0 Å². The number of nitrogens with one attached hydrogen (secondary N) is 1. The predicted molar refractivity (Wildman–Crippen MR) is 85.7 cm³/mol. The Morgan fingerprint density at radius 2 is 1.96 bits per heavy atom. The summed E-state index contributed by atoms with van der Waals surface area (Å²) in [6.45, 7) is -0.279. The third-order valence-corrected chi connectivity index (χ3v) is 3.64. The number of pyridine rings is 1. The van der Waals surface area contributed by atoms with Crippen LogP contribution in [0.4, 0.5) is 4.39 Å². The second-order valence-corrected chi connectivity index (χ2v) is 5.28. The molecule has 2 aromatic heterocycles. The highest BCUT2D eigenvalue weighted by Crippen LogP contribution is 2.19. The minimum Gasteiger partial charge on any atom is -0.394 e. The van der Waals surface area contributed by atoms with Crippen LogP contribution >= 0.6 is 0 Å². The fourth-order valence-electron chi connectivity index (χ4n) is 2.38. The Bertz CT molecular complexity index is 794. The molecule has 6 nitrogen and oxygen atoms in total. The summed E-state index contributed by atoms with van der Waals surface area (Å²) in [5, 5.41) is 26.9. The monoisotopic (exact) mass is 328 g/mol. The van der Waals surface area contributed by atoms with Gasteiger partial charge in [0.05, 0.1) is 24.5 Å². The van der Waals surface area contributed by atoms with Crippen molar-refractivity contribution in [2.75, 3.05) is 6.61 Å². The summed E-state index contributed by atoms with van der Waals surface area (Å²) < 4.78 is 14.9. The van der Waals surface area contributed by atoms with Crippen LogP contribution in [0.1, 0.15) is 23.4 Å². The van der Waals surface area contributed by atoms with Crippen molar-refractivity contribution in [3.05, 3.63) is 78.1 Å². The van der Waals surface area contributed by atoms with Crippen LogP contribution in [0.25, 0.3) is 5.69 Å². The Morgan fingerprint density at radius 1 is 1.17 bits per heavy atom. The highest BCUT2D eigenvalue weighted by Gasteiger charge is 2.18. The van der Waals surface area contributed by atoms with Gasteiger partial charge in [0.25, 0.3) is 0 Å². The molecule has 24 heavy (non-hydrogen) atoms. The lowest BCUT2D eigenvalue weighted by molar-refractivity contribution is 0.104. The molecule has 3 rings (SSSR count). The van der Waals surface area contributed by atoms with Crippen LogP contribution in [0.3, 0.4) is 0 Å². The maximum Gasteiger partial charge on any atom is 0.134 e. The van der Waals surface area contributed by atoms with Crippen LogP contribution in [0.5, 0.6) is 0 Å². The summed E-state index contributed by atoms with van der Waals surface area (Å²) in [5.74, 6) is -0.396. The second-order valence-electron chi connectivity index (χ2n) is 5.28. The number of aliphatic hydroxyl groups is 2. The lowest BCUT2D eigenvalue weighted by Gasteiger charge is -2.20. The highest BCUT2D eigenvalue weighted by atomic mass is 19.1. The van der Waals surface area contributed by atoms with Crippen molar-refractivity contribution in [3.8, 4) is 5.69 Å². The largest absolute Gasteiger partial charge is 0.394 e. The SMILES string of the molecule is OC[C@@H](NC(O)c1cnn(-c2ccncc2)c1)c1cccc(F)c1. The molecule has 0 fully saturated rings. The molecule has 7 heteroatoms. The van der Waals surface area contributed by atoms with E-state index in [9.17, 15) is 14.6 Å². The van der Waals surface area contributed by atoms with E-state index in [0.29, 0.717) is 11.1 Å². The van der Waals surface area contributed by atoms with E-state index < -0.39 is 18.1 Å². The predicted octanol–water partition coefficient (Wildman–Crippen LogP) is 1.72. The molecule has 3 aromatic rings. The maximum absolute atomic E-state index is 13.3. The van der Waals surface area contributed by atoms with Gasteiger partial charge >= 0.3 is 0 Å². The Kier molecular flexibility index (Phi) is 4.95. The van der Waals surface area contributed by atoms with E-state index in [4.69, 9.17) is 0 Å². The molecule has 0 radical (unpaired) electrons. The molecule has 1 unspecified atom stereocenters. The minimum absolute atomic E-state index is 0.279. The summed E-state index contributed by atoms with van der Waals surface area (Å²) >= 11 is 0. The molecule has 2 atom stereocenters. The third-order valence-electron chi connectivity index (χ3n) is 3.64. The number of aromatic nitrogens is 3. The van der Waals surface area contributed by atoms with E-state index in [-0.39, 0.29) is 6.61 Å². The minimum atomic E-state index is -1.05. The number of rotatable bonds is 6. The Balaban J connectivity index is 1.74. The standard InChI is InChI=1S/C17H17FN4O2/c18-14-3-1-2-12(8-14)16(11-23)21-17(24)13-9-20-22(10-13)15-4-6-19-7-5-15/h1-10,16-17,21,23-24H,11H2/t16-,17?/m1/s1. The number of aliphatic hydroxyl groups excluding tert-OH is 2. The van der Waals surface area contributed by atoms with Gasteiger partial charge in [-0.05, 0) is 29.8 Å². The highest BCUT2D eigenvalue weighted by molar-refractivity contribution is 5.29. The van der Waals surface area contributed by atoms with Gasteiger partial charge in [0.2, 0.25) is 0 Å². The first-order chi connectivity index (χ1) is 11.7. The number of benzene rings is 1. The Morgan fingerprint density at radius 3 is 2.67 bits per heavy atom. The zero-order valence-corrected chi connectivity index (χ0v) is 12.7. The molecule has 0 aliphatic carbocycles. The van der Waals surface area contributed by atoms with Crippen molar-refractivity contribution in [1.29, 1.82) is 0 Å². The van der Waals surface area contributed by atoms with Gasteiger partial charge in [-0.15, -0.1) is 0 Å². The average molecular weight is 328 g/mol. The van der Waals surface area contributed by atoms with Crippen molar-refractivity contribution < 1.29 is 14.6 Å². The van der Waals surface area contributed by atoms with E-state index in [1.165, 1.54) is 18.3 Å². The molecule has 124 valence electrons. The molecule has 0 saturated carbocycles. The van der Waals surface area contributed by atoms with E-state index in [1.807, 2.05) is 0 Å². The normalized spacial score (nSPS) is 13.6. The second kappa shape index (κ2) is 7.31. The van der Waals surface area contributed by atoms with E-state index in [1.54, 1.807) is 47.5 Å². The van der Waals surface area contributed by atoms with Gasteiger partial charge in [-0.3, -0.25) is 10.3 Å². The lowest BCUT2D eigenvalue weighted by atomic mass is 10.1. The summed E-state index contributed by atoms with van der Waals surface area (Å²) in [4.78, 5) is 3.94. The van der Waals surface area contributed by atoms with Crippen molar-refractivity contribution in [1.82, 2.24) is 20.1 Å². The van der Waals surface area contributed by atoms with Crippen LogP contribution in [-0.2, 0) is 0 Å². The number of hydrogen-bond donors (Lipinski definition) is 3. The van der Waals surface area contributed by atoms with Gasteiger partial charge in [-0.1, -0.05) is 12.1 Å². The van der Waals surface area contributed by atoms with E-state index in [0.717, 1.165) is 5.69 Å². The maximum atomic E-state index is 13.3. The van der Waals surface area contributed by atoms with Crippen LogP contribution in [-0.4, -0.2) is 31.6 Å². The molecule has 3 N–H and O–H groups in total. The first-order valence-corrected chi connectivity index (χ1v) is 7.43. The number of halogens is 1. The molecule has 0 saturated heterocycles. The summed E-state index contributed by atoms with van der Waals surface area (Å²) in [6.07, 6.45) is 5.44. The van der Waals surface area contributed by atoms with E-state index >= 15 is 0 Å². The van der Waals surface area contributed by atoms with Crippen LogP contribution in [0.2, 0.25) is 0 Å². The van der Waals surface area contributed by atoms with Crippen molar-refractivity contribution in [2.45, 2.75) is 12.3 Å². The summed E-state index contributed by atoms with van der Waals surface area (Å²) in [7, 11) is 0. The molecule has 0 spiro atoms. The molecule has 0 amide bonds. The smallest absolute Gasteiger partial charge is 0.134 e. The molecule has 2 heterocycles. The molecule has 0 aliphatic heterocycles. The molecule has 0 bridgehead atoms. The first kappa shape index (κ1) is 16.3. The van der Waals surface area contributed by atoms with Crippen molar-refractivity contribution in [2.24, 2.45) is 0 Å². The zero-order valence-electron chi connectivity index (χ0n) is 12.7. The van der Waals surface area contributed by atoms with Crippen LogP contribution in [0, 0.1) is 5.82 Å². The number of hydrogen-bond acceptors (Lipinski definition) is 5. The summed E-state index contributed by atoms with van der Waals surface area (Å²) in [6, 6.07) is 8.88. The van der Waals surface area contributed by atoms with Crippen molar-refractivity contribution in [3.63, 3.8) is 0 Å². The molecule has 0 aliphatic rings. The van der Waals surface area contributed by atoms with Gasteiger partial charge in [-0.2, -0.15) is 5.10 Å². The zero-order chi connectivity index (χ0) is 16.9. The van der Waals surface area contributed by atoms with Crippen LogP contribution < -0.4 is 5.32 Å². The first-order valence-electron chi connectivity index (χ1n) is 7.43. The van der Waals surface area contributed by atoms with Gasteiger partial charge in [-0.25, -0.2) is 9.07 Å². The quantitative estimate of drug-likeness (QED) is 0.600. The van der Waals surface area contributed by atoms with Crippen LogP contribution in [0.15, 0.2) is 61.2 Å². The Hall–Kier alpha value is -2.61. The van der Waals surface area contributed by atoms with Gasteiger partial charge < -0.3 is 10.2 Å². The van der Waals surface area contributed by atoms with E-state index in [2.05, 4.69) is 15.4 Å². The van der Waals surface area contributed by atoms with Gasteiger partial charge in [0, 0.05) is 24.2 Å². The lowest BCUT2D eigenvalue weighted by Crippen LogP contribution is -2.28. The average Bonchev–Trinajstić information content (AvgIpc) is 3.10. The molecular formula is C17H17FN4O2. The third kappa shape index (κ3) is 3.65. The van der Waals surface area contributed by atoms with Gasteiger partial charge in [0.1, 0.15) is 12.0 Å². The fraction of sp³-hybridized carbons (Fsp3) is 0.176. The topological polar surface area (TPSA) is 83.2 Å². The Labute approximate surface area is 138 Å². The number of nitrogens with zero attached hydrogens (tertiary/aromatic N) is 3. The summed E-state index contributed by atoms with van der Waals surface area (Å²) in [5.41, 5.74) is 1.90.